The van der Waals surface area contributed by atoms with Gasteiger partial charge in [0.1, 0.15) is 0 Å². The van der Waals surface area contributed by atoms with Gasteiger partial charge >= 0.3 is 0 Å². The van der Waals surface area contributed by atoms with Crippen LogP contribution in [0.3, 0.4) is 0 Å². The maximum Gasteiger partial charge on any atom is 0.0815 e. The summed E-state index contributed by atoms with van der Waals surface area (Å²) in [4.78, 5) is 8.31. The summed E-state index contributed by atoms with van der Waals surface area (Å²) in [6.07, 6.45) is 3.51. The third-order valence-corrected chi connectivity index (χ3v) is 2.12. The second kappa shape index (κ2) is 12.6. The van der Waals surface area contributed by atoms with Crippen molar-refractivity contribution in [2.45, 2.75) is 0 Å². The SMILES string of the molecule is C1=NCCOCCOCCN=CCOCCOC1. The van der Waals surface area contributed by atoms with E-state index in [1.165, 1.54) is 0 Å². The van der Waals surface area contributed by atoms with Gasteiger partial charge in [-0.2, -0.15) is 0 Å². The summed E-state index contributed by atoms with van der Waals surface area (Å²) in [6.45, 7) is 5.90. The van der Waals surface area contributed by atoms with E-state index in [2.05, 4.69) is 9.98 Å². The Morgan fingerprint density at radius 1 is 0.556 bits per heavy atom. The van der Waals surface area contributed by atoms with E-state index in [4.69, 9.17) is 18.9 Å². The van der Waals surface area contributed by atoms with Crippen molar-refractivity contribution >= 4 is 12.4 Å². The first kappa shape index (κ1) is 15.2. The number of hydrogen-bond donors (Lipinski definition) is 0. The van der Waals surface area contributed by atoms with E-state index in [1.54, 1.807) is 12.4 Å². The quantitative estimate of drug-likeness (QED) is 0.623. The third kappa shape index (κ3) is 10.3. The maximum absolute atomic E-state index is 5.34. The van der Waals surface area contributed by atoms with Crippen LogP contribution in [0.1, 0.15) is 0 Å². The lowest BCUT2D eigenvalue weighted by Gasteiger charge is -2.04. The maximum atomic E-state index is 5.34. The molecular weight excluding hydrogens is 236 g/mol. The molecule has 6 nitrogen and oxygen atoms in total. The average molecular weight is 258 g/mol. The first-order valence-electron chi connectivity index (χ1n) is 6.27. The average Bonchev–Trinajstić information content (AvgIpc) is 2.39. The normalized spacial score (nSPS) is 22.2. The largest absolute Gasteiger partial charge is 0.377 e. The summed E-state index contributed by atoms with van der Waals surface area (Å²) in [6, 6.07) is 0. The lowest BCUT2D eigenvalue weighted by atomic mass is 10.6. The predicted octanol–water partition coefficient (Wildman–Crippen LogP) is 0.208. The molecule has 0 unspecified atom stereocenters. The number of ether oxygens (including phenoxy) is 4. The summed E-state index contributed by atoms with van der Waals surface area (Å²) in [7, 11) is 0. The Hall–Kier alpha value is -0.820. The molecule has 0 aromatic heterocycles. The van der Waals surface area contributed by atoms with Crippen molar-refractivity contribution in [3.8, 4) is 0 Å². The van der Waals surface area contributed by atoms with Crippen molar-refractivity contribution < 1.29 is 18.9 Å². The zero-order valence-corrected chi connectivity index (χ0v) is 10.8. The molecule has 0 amide bonds. The zero-order valence-electron chi connectivity index (χ0n) is 10.8. The van der Waals surface area contributed by atoms with Crippen LogP contribution in [0.4, 0.5) is 0 Å². The van der Waals surface area contributed by atoms with E-state index >= 15 is 0 Å². The van der Waals surface area contributed by atoms with Gasteiger partial charge in [0.15, 0.2) is 0 Å². The molecule has 0 aromatic carbocycles. The fraction of sp³-hybridized carbons (Fsp3) is 0.833. The molecule has 0 bridgehead atoms. The molecule has 6 heteroatoms. The molecule has 0 fully saturated rings. The van der Waals surface area contributed by atoms with Crippen molar-refractivity contribution in [3.05, 3.63) is 0 Å². The molecule has 104 valence electrons. The first-order chi connectivity index (χ1) is 9.00. The Morgan fingerprint density at radius 3 is 1.50 bits per heavy atom. The Morgan fingerprint density at radius 2 is 1.00 bits per heavy atom. The lowest BCUT2D eigenvalue weighted by molar-refractivity contribution is 0.0538. The zero-order chi connectivity index (χ0) is 12.7. The molecular formula is C12H22N2O4. The van der Waals surface area contributed by atoms with Crippen molar-refractivity contribution in [3.63, 3.8) is 0 Å². The molecule has 18 heavy (non-hydrogen) atoms. The minimum absolute atomic E-state index is 0.514. The standard InChI is InChI=1S/C12H22N2O4/c1-5-15-9-10-17-7-3-14-4-8-18-12-11-16-6-2-13-1/h1,3H,2,4-12H2. The van der Waals surface area contributed by atoms with Crippen molar-refractivity contribution in [2.75, 3.05) is 65.9 Å². The summed E-state index contributed by atoms with van der Waals surface area (Å²) in [5.74, 6) is 0. The fourth-order valence-corrected chi connectivity index (χ4v) is 1.23. The molecule has 0 atom stereocenters. The van der Waals surface area contributed by atoms with Crippen molar-refractivity contribution in [2.24, 2.45) is 9.98 Å². The molecule has 1 aliphatic rings. The highest BCUT2D eigenvalue weighted by Gasteiger charge is 1.91. The summed E-state index contributed by atoms with van der Waals surface area (Å²) in [5.41, 5.74) is 0. The Balaban J connectivity index is 2.12. The van der Waals surface area contributed by atoms with Crippen molar-refractivity contribution in [1.29, 1.82) is 0 Å². The van der Waals surface area contributed by atoms with Gasteiger partial charge in [0, 0.05) is 12.4 Å². The molecule has 0 saturated carbocycles. The smallest absolute Gasteiger partial charge is 0.0815 e. The van der Waals surface area contributed by atoms with Gasteiger partial charge in [-0.1, -0.05) is 0 Å². The van der Waals surface area contributed by atoms with Crippen molar-refractivity contribution in [1.82, 2.24) is 0 Å². The molecule has 0 aliphatic carbocycles. The summed E-state index contributed by atoms with van der Waals surface area (Å²) >= 11 is 0. The van der Waals surface area contributed by atoms with Gasteiger partial charge in [0.05, 0.1) is 65.9 Å². The Bertz CT molecular complexity index is 210. The van der Waals surface area contributed by atoms with Gasteiger partial charge in [-0.05, 0) is 0 Å². The number of aliphatic imine (C=N–C) groups is 2. The van der Waals surface area contributed by atoms with Crippen LogP contribution in [-0.4, -0.2) is 78.4 Å². The second-order valence-electron chi connectivity index (χ2n) is 3.55. The van der Waals surface area contributed by atoms with Gasteiger partial charge in [0.25, 0.3) is 0 Å². The Labute approximate surface area is 108 Å². The van der Waals surface area contributed by atoms with Gasteiger partial charge in [-0.25, -0.2) is 0 Å². The van der Waals surface area contributed by atoms with E-state index < -0.39 is 0 Å². The summed E-state index contributed by atoms with van der Waals surface area (Å²) in [5, 5.41) is 0. The van der Waals surface area contributed by atoms with Crippen LogP contribution in [0.25, 0.3) is 0 Å². The van der Waals surface area contributed by atoms with E-state index in [9.17, 15) is 0 Å². The third-order valence-electron chi connectivity index (χ3n) is 2.12. The fourth-order valence-electron chi connectivity index (χ4n) is 1.23. The first-order valence-corrected chi connectivity index (χ1v) is 6.27. The number of hydrogen-bond acceptors (Lipinski definition) is 6. The number of rotatable bonds is 0. The van der Waals surface area contributed by atoms with Crippen LogP contribution in [0, 0.1) is 0 Å². The minimum Gasteiger partial charge on any atom is -0.377 e. The molecule has 0 N–H and O–H groups in total. The van der Waals surface area contributed by atoms with Crippen LogP contribution >= 0.6 is 0 Å². The van der Waals surface area contributed by atoms with Crippen LogP contribution < -0.4 is 0 Å². The van der Waals surface area contributed by atoms with E-state index in [1.807, 2.05) is 0 Å². The lowest BCUT2D eigenvalue weighted by Crippen LogP contribution is -2.10. The van der Waals surface area contributed by atoms with Gasteiger partial charge in [0.2, 0.25) is 0 Å². The second-order valence-corrected chi connectivity index (χ2v) is 3.55. The highest BCUT2D eigenvalue weighted by atomic mass is 16.5. The molecule has 0 radical (unpaired) electrons. The van der Waals surface area contributed by atoms with Crippen LogP contribution in [0.15, 0.2) is 9.98 Å². The Kier molecular flexibility index (Phi) is 10.7. The molecule has 1 heterocycles. The molecule has 1 rings (SSSR count). The molecule has 1 aliphatic heterocycles. The summed E-state index contributed by atoms with van der Waals surface area (Å²) < 4.78 is 21.3. The monoisotopic (exact) mass is 258 g/mol. The highest BCUT2D eigenvalue weighted by molar-refractivity contribution is 5.58. The highest BCUT2D eigenvalue weighted by Crippen LogP contribution is 1.83. The van der Waals surface area contributed by atoms with Crippen LogP contribution in [0.5, 0.6) is 0 Å². The van der Waals surface area contributed by atoms with Crippen LogP contribution in [0.2, 0.25) is 0 Å². The predicted molar refractivity (Wildman–Crippen MR) is 70.0 cm³/mol. The van der Waals surface area contributed by atoms with Crippen LogP contribution in [-0.2, 0) is 18.9 Å². The molecule has 0 spiro atoms. The molecule has 0 aromatic rings. The molecule has 0 saturated heterocycles. The van der Waals surface area contributed by atoms with E-state index in [0.717, 1.165) is 0 Å². The van der Waals surface area contributed by atoms with E-state index in [-0.39, 0.29) is 0 Å². The van der Waals surface area contributed by atoms with E-state index in [0.29, 0.717) is 65.9 Å². The topological polar surface area (TPSA) is 61.6 Å². The van der Waals surface area contributed by atoms with Gasteiger partial charge in [-0.3, -0.25) is 9.98 Å². The minimum atomic E-state index is 0.514. The van der Waals surface area contributed by atoms with Gasteiger partial charge in [-0.15, -0.1) is 0 Å². The number of nitrogens with zero attached hydrogens (tertiary/aromatic N) is 2. The van der Waals surface area contributed by atoms with Gasteiger partial charge < -0.3 is 18.9 Å².